The normalized spacial score (nSPS) is 14.8. The first-order valence-corrected chi connectivity index (χ1v) is 25.3. The molecule has 11 heteroatoms. The van der Waals surface area contributed by atoms with Crippen LogP contribution in [0, 0.1) is 0 Å². The van der Waals surface area contributed by atoms with Crippen molar-refractivity contribution in [2.75, 3.05) is 47.5 Å². The summed E-state index contributed by atoms with van der Waals surface area (Å²) in [6.07, 6.45) is 51.3. The lowest BCUT2D eigenvalue weighted by molar-refractivity contribution is -0.870. The molecule has 0 rings (SSSR count). The minimum absolute atomic E-state index is 0.0541. The number of aliphatic hydroxyl groups is 1. The average Bonchev–Trinajstić information content (AvgIpc) is 3.23. The molecule has 0 aliphatic carbocycles. The van der Waals surface area contributed by atoms with E-state index < -0.39 is 32.5 Å². The van der Waals surface area contributed by atoms with Gasteiger partial charge in [-0.25, -0.2) is 0 Å². The van der Waals surface area contributed by atoms with Crippen LogP contribution in [-0.2, 0) is 32.7 Å². The molecule has 10 nitrogen and oxygen atoms in total. The summed E-state index contributed by atoms with van der Waals surface area (Å²) in [7, 11) is 1.09. The number of carbonyl (C=O) groups excluding carboxylic acids is 2. The molecule has 0 aliphatic heterocycles. The summed E-state index contributed by atoms with van der Waals surface area (Å²) in [5.74, 6) is -0.940. The van der Waals surface area contributed by atoms with Crippen LogP contribution in [0.25, 0.3) is 0 Å². The highest BCUT2D eigenvalue weighted by atomic mass is 31.2. The Bertz CT molecular complexity index is 1340. The molecule has 0 radical (unpaired) electrons. The molecule has 0 saturated heterocycles. The maximum absolute atomic E-state index is 12.7. The molecule has 62 heavy (non-hydrogen) atoms. The molecule has 0 fully saturated rings. The lowest BCUT2D eigenvalue weighted by atomic mass is 10.1. The van der Waals surface area contributed by atoms with Crippen LogP contribution in [-0.4, -0.2) is 81.2 Å². The number of phosphoric acid groups is 1. The van der Waals surface area contributed by atoms with Gasteiger partial charge in [-0.1, -0.05) is 144 Å². The Balaban J connectivity index is 4.45. The monoisotopic (exact) mass is 890 g/mol. The maximum Gasteiger partial charge on any atom is 0.306 e. The van der Waals surface area contributed by atoms with Crippen LogP contribution in [0.1, 0.15) is 168 Å². The van der Waals surface area contributed by atoms with Crippen molar-refractivity contribution >= 4 is 19.8 Å². The standard InChI is InChI=1S/C51H88NO9P/c1-6-8-9-10-11-12-13-14-15-16-17-18-19-20-24-27-30-33-36-39-42-50(54)58-46-49(47-60-62(56,57)59-45-44-52(3,4)5)61-51(55)43-40-37-34-31-28-25-22-21-23-26-29-32-35-38-41-48(53)7-2/h12-13,15-16,18-19,22-23,25-26,31-32,34-35,48-49,53H,6-11,14,17,20-21,24,27-30,33,36-47H2,1-5H3/b13-12-,16-15-,19-18-,25-22-,26-23-,34-31-,35-32-/t48-,49-/m1/s1. The summed E-state index contributed by atoms with van der Waals surface area (Å²) < 4.78 is 33.9. The first-order chi connectivity index (χ1) is 29.9. The number of aliphatic hydroxyl groups excluding tert-OH is 1. The number of hydrogen-bond donors (Lipinski definition) is 1. The molecule has 0 aromatic heterocycles. The second-order valence-corrected chi connectivity index (χ2v) is 18.3. The number of hydrogen-bond acceptors (Lipinski definition) is 9. The van der Waals surface area contributed by atoms with E-state index >= 15 is 0 Å². The Morgan fingerprint density at radius 1 is 0.581 bits per heavy atom. The van der Waals surface area contributed by atoms with E-state index in [9.17, 15) is 24.2 Å². The summed E-state index contributed by atoms with van der Waals surface area (Å²) in [5, 5.41) is 9.58. The molecule has 0 saturated carbocycles. The van der Waals surface area contributed by atoms with Crippen molar-refractivity contribution in [2.24, 2.45) is 0 Å². The Labute approximate surface area is 378 Å². The van der Waals surface area contributed by atoms with Crippen molar-refractivity contribution in [1.82, 2.24) is 0 Å². The van der Waals surface area contributed by atoms with Gasteiger partial charge < -0.3 is 33.0 Å². The van der Waals surface area contributed by atoms with Gasteiger partial charge in [0.2, 0.25) is 0 Å². The van der Waals surface area contributed by atoms with Gasteiger partial charge in [-0.05, 0) is 96.3 Å². The molecule has 356 valence electrons. The predicted molar refractivity (Wildman–Crippen MR) is 255 cm³/mol. The van der Waals surface area contributed by atoms with Crippen LogP contribution in [0.5, 0.6) is 0 Å². The molecule has 0 amide bonds. The van der Waals surface area contributed by atoms with E-state index in [1.54, 1.807) is 0 Å². The van der Waals surface area contributed by atoms with Gasteiger partial charge in [0, 0.05) is 12.8 Å². The number of unbranched alkanes of at least 4 members (excludes halogenated alkanes) is 11. The van der Waals surface area contributed by atoms with E-state index in [0.717, 1.165) is 89.9 Å². The molecular formula is C51H88NO9P. The third kappa shape index (κ3) is 45.2. The number of likely N-dealkylation sites (N-methyl/N-ethyl adjacent to an activating group) is 1. The minimum atomic E-state index is -4.66. The minimum Gasteiger partial charge on any atom is -0.756 e. The van der Waals surface area contributed by atoms with Gasteiger partial charge >= 0.3 is 11.9 Å². The third-order valence-electron chi connectivity index (χ3n) is 9.80. The number of esters is 2. The smallest absolute Gasteiger partial charge is 0.306 e. The van der Waals surface area contributed by atoms with Crippen LogP contribution in [0.3, 0.4) is 0 Å². The van der Waals surface area contributed by atoms with E-state index in [4.69, 9.17) is 18.5 Å². The number of rotatable bonds is 42. The van der Waals surface area contributed by atoms with Gasteiger partial charge in [0.1, 0.15) is 19.8 Å². The summed E-state index contributed by atoms with van der Waals surface area (Å²) >= 11 is 0. The molecule has 3 atom stereocenters. The maximum atomic E-state index is 12.7. The van der Waals surface area contributed by atoms with Gasteiger partial charge in [0.05, 0.1) is 33.9 Å². The number of carbonyl (C=O) groups is 2. The molecule has 0 aliphatic rings. The van der Waals surface area contributed by atoms with Crippen LogP contribution < -0.4 is 4.89 Å². The fraction of sp³-hybridized carbons (Fsp3) is 0.686. The summed E-state index contributed by atoms with van der Waals surface area (Å²) in [4.78, 5) is 37.6. The SMILES string of the molecule is CCCCCC/C=C\C/C=C\C/C=C\CCCCCCCCC(=O)OC[C@H](COP(=O)([O-])OCC[N+](C)(C)C)OC(=O)CCC/C=C\C/C=C\C/C=C\C/C=C\CC[C@H](O)CC. The Kier molecular flexibility index (Phi) is 40.2. The van der Waals surface area contributed by atoms with E-state index in [2.05, 4.69) is 85.9 Å². The van der Waals surface area contributed by atoms with Crippen molar-refractivity contribution in [3.05, 3.63) is 85.1 Å². The van der Waals surface area contributed by atoms with E-state index in [0.29, 0.717) is 30.3 Å². The summed E-state index contributed by atoms with van der Waals surface area (Å²) in [6.45, 7) is 3.82. The van der Waals surface area contributed by atoms with E-state index in [1.165, 1.54) is 32.1 Å². The Morgan fingerprint density at radius 3 is 1.55 bits per heavy atom. The number of ether oxygens (including phenoxy) is 2. The highest BCUT2D eigenvalue weighted by Crippen LogP contribution is 2.38. The van der Waals surface area contributed by atoms with Gasteiger partial charge in [0.15, 0.2) is 6.10 Å². The van der Waals surface area contributed by atoms with Gasteiger partial charge in [-0.2, -0.15) is 0 Å². The van der Waals surface area contributed by atoms with Crippen molar-refractivity contribution in [3.63, 3.8) is 0 Å². The number of quaternary nitrogens is 1. The number of allylic oxidation sites excluding steroid dienone is 14. The zero-order valence-corrected chi connectivity index (χ0v) is 40.5. The Morgan fingerprint density at radius 2 is 1.03 bits per heavy atom. The van der Waals surface area contributed by atoms with Gasteiger partial charge in [-0.15, -0.1) is 0 Å². The number of nitrogens with zero attached hydrogens (tertiary/aromatic N) is 1. The average molecular weight is 890 g/mol. The molecule has 0 aromatic rings. The Hall–Kier alpha value is -2.85. The molecule has 0 spiro atoms. The molecule has 0 heterocycles. The first kappa shape index (κ1) is 59.1. The second-order valence-electron chi connectivity index (χ2n) is 16.9. The van der Waals surface area contributed by atoms with Crippen LogP contribution >= 0.6 is 7.82 Å². The molecule has 0 bridgehead atoms. The molecular weight excluding hydrogens is 802 g/mol. The van der Waals surface area contributed by atoms with Crippen LogP contribution in [0.4, 0.5) is 0 Å². The van der Waals surface area contributed by atoms with E-state index in [-0.39, 0.29) is 32.2 Å². The molecule has 1 unspecified atom stereocenters. The fourth-order valence-corrected chi connectivity index (χ4v) is 6.60. The lowest BCUT2D eigenvalue weighted by Crippen LogP contribution is -2.37. The number of phosphoric ester groups is 1. The van der Waals surface area contributed by atoms with Gasteiger partial charge in [-0.3, -0.25) is 14.2 Å². The first-order valence-electron chi connectivity index (χ1n) is 23.9. The topological polar surface area (TPSA) is 131 Å². The quantitative estimate of drug-likeness (QED) is 0.0209. The van der Waals surface area contributed by atoms with Crippen molar-refractivity contribution in [2.45, 2.75) is 180 Å². The predicted octanol–water partition coefficient (Wildman–Crippen LogP) is 12.3. The van der Waals surface area contributed by atoms with Crippen molar-refractivity contribution in [3.8, 4) is 0 Å². The molecule has 0 aromatic carbocycles. The van der Waals surface area contributed by atoms with E-state index in [1.807, 2.05) is 34.1 Å². The van der Waals surface area contributed by atoms with Crippen LogP contribution in [0.2, 0.25) is 0 Å². The summed E-state index contributed by atoms with van der Waals surface area (Å²) in [6, 6.07) is 0. The largest absolute Gasteiger partial charge is 0.756 e. The summed E-state index contributed by atoms with van der Waals surface area (Å²) in [5.41, 5.74) is 0. The highest BCUT2D eigenvalue weighted by Gasteiger charge is 2.21. The van der Waals surface area contributed by atoms with Crippen LogP contribution in [0.15, 0.2) is 85.1 Å². The van der Waals surface area contributed by atoms with Gasteiger partial charge in [0.25, 0.3) is 7.82 Å². The highest BCUT2D eigenvalue weighted by molar-refractivity contribution is 7.45. The lowest BCUT2D eigenvalue weighted by Gasteiger charge is -2.28. The fourth-order valence-electron chi connectivity index (χ4n) is 5.87. The zero-order chi connectivity index (χ0) is 45.8. The second kappa shape index (κ2) is 42.1. The van der Waals surface area contributed by atoms with Crippen molar-refractivity contribution in [1.29, 1.82) is 0 Å². The zero-order valence-electron chi connectivity index (χ0n) is 39.6. The van der Waals surface area contributed by atoms with Crippen molar-refractivity contribution < 1.29 is 47.2 Å². The molecule has 1 N–H and O–H groups in total. The third-order valence-corrected chi connectivity index (χ3v) is 10.8.